The Kier molecular flexibility index (Phi) is 9.82. The van der Waals surface area contributed by atoms with Gasteiger partial charge in [-0.05, 0) is 37.8 Å². The van der Waals surface area contributed by atoms with E-state index in [1.807, 2.05) is 6.07 Å². The highest BCUT2D eigenvalue weighted by Crippen LogP contribution is 2.23. The number of hydrogen-bond acceptors (Lipinski definition) is 3. The molecule has 4 nitrogen and oxygen atoms in total. The van der Waals surface area contributed by atoms with Gasteiger partial charge in [0.15, 0.2) is 0 Å². The highest BCUT2D eigenvalue weighted by atomic mass is 15.5. The molecule has 1 aromatic heterocycles. The standard InChI is InChI=1S/C23H40N4/c1-5-9-11-15-20(7-3)26(21(8-4)16-12-10-6-2)19-27-23-18-14-13-17-22(23)24-25-27/h13-14,17-18,20-21H,5-12,15-16,19H2,1-4H3. The normalized spacial score (nSPS) is 14.1. The first-order valence-corrected chi connectivity index (χ1v) is 11.3. The number of para-hydroxylation sites is 1. The zero-order valence-corrected chi connectivity index (χ0v) is 18.0. The summed E-state index contributed by atoms with van der Waals surface area (Å²) in [6, 6.07) is 9.59. The van der Waals surface area contributed by atoms with Crippen LogP contribution in [-0.4, -0.2) is 32.0 Å². The molecule has 4 heteroatoms. The Bertz CT molecular complexity index is 618. The Balaban J connectivity index is 2.20. The number of aromatic nitrogens is 3. The van der Waals surface area contributed by atoms with E-state index in [1.165, 1.54) is 64.2 Å². The molecule has 0 radical (unpaired) electrons. The van der Waals surface area contributed by atoms with Crippen LogP contribution in [0.25, 0.3) is 11.0 Å². The van der Waals surface area contributed by atoms with Gasteiger partial charge >= 0.3 is 0 Å². The van der Waals surface area contributed by atoms with Gasteiger partial charge in [0.05, 0.1) is 12.2 Å². The van der Waals surface area contributed by atoms with E-state index in [1.54, 1.807) is 0 Å². The second kappa shape index (κ2) is 12.1. The first-order valence-electron chi connectivity index (χ1n) is 11.3. The van der Waals surface area contributed by atoms with E-state index < -0.39 is 0 Å². The van der Waals surface area contributed by atoms with Crippen molar-refractivity contribution in [2.75, 3.05) is 0 Å². The number of fused-ring (bicyclic) bond motifs is 1. The predicted molar refractivity (Wildman–Crippen MR) is 116 cm³/mol. The highest BCUT2D eigenvalue weighted by molar-refractivity contribution is 5.73. The van der Waals surface area contributed by atoms with Crippen molar-refractivity contribution < 1.29 is 0 Å². The summed E-state index contributed by atoms with van der Waals surface area (Å²) in [6.45, 7) is 10.1. The molecule has 0 saturated heterocycles. The molecule has 2 aromatic rings. The Morgan fingerprint density at radius 1 is 0.852 bits per heavy atom. The zero-order valence-electron chi connectivity index (χ0n) is 18.0. The van der Waals surface area contributed by atoms with Crippen molar-refractivity contribution in [3.8, 4) is 0 Å². The van der Waals surface area contributed by atoms with Crippen molar-refractivity contribution in [1.82, 2.24) is 19.9 Å². The lowest BCUT2D eigenvalue weighted by molar-refractivity contribution is 0.0691. The van der Waals surface area contributed by atoms with Crippen LogP contribution in [-0.2, 0) is 6.67 Å². The Hall–Kier alpha value is -1.42. The minimum Gasteiger partial charge on any atom is -0.278 e. The first kappa shape index (κ1) is 21.9. The van der Waals surface area contributed by atoms with Gasteiger partial charge in [0.25, 0.3) is 0 Å². The van der Waals surface area contributed by atoms with Crippen molar-refractivity contribution in [3.05, 3.63) is 24.3 Å². The van der Waals surface area contributed by atoms with Crippen LogP contribution in [0.2, 0.25) is 0 Å². The molecule has 0 fully saturated rings. The maximum Gasteiger partial charge on any atom is 0.113 e. The molecular weight excluding hydrogens is 332 g/mol. The maximum atomic E-state index is 4.49. The van der Waals surface area contributed by atoms with Crippen LogP contribution in [0.3, 0.4) is 0 Å². The molecule has 0 aliphatic rings. The number of unbranched alkanes of at least 4 members (excludes halogenated alkanes) is 4. The van der Waals surface area contributed by atoms with Gasteiger partial charge in [0.1, 0.15) is 5.52 Å². The van der Waals surface area contributed by atoms with E-state index in [9.17, 15) is 0 Å². The van der Waals surface area contributed by atoms with Crippen LogP contribution in [0.4, 0.5) is 0 Å². The molecular formula is C23H40N4. The van der Waals surface area contributed by atoms with Gasteiger partial charge in [-0.1, -0.05) is 83.6 Å². The predicted octanol–water partition coefficient (Wildman–Crippen LogP) is 6.41. The fourth-order valence-electron chi connectivity index (χ4n) is 4.17. The van der Waals surface area contributed by atoms with Crippen LogP contribution < -0.4 is 0 Å². The van der Waals surface area contributed by atoms with E-state index in [-0.39, 0.29) is 0 Å². The van der Waals surface area contributed by atoms with E-state index in [0.717, 1.165) is 17.7 Å². The minimum atomic E-state index is 0.631. The van der Waals surface area contributed by atoms with Crippen molar-refractivity contribution in [2.45, 2.75) is 111 Å². The van der Waals surface area contributed by atoms with Crippen molar-refractivity contribution >= 4 is 11.0 Å². The third-order valence-electron chi connectivity index (χ3n) is 5.88. The maximum absolute atomic E-state index is 4.49. The summed E-state index contributed by atoms with van der Waals surface area (Å²) in [4.78, 5) is 2.74. The molecule has 0 aliphatic carbocycles. The monoisotopic (exact) mass is 372 g/mol. The minimum absolute atomic E-state index is 0.631. The number of benzene rings is 1. The SMILES string of the molecule is CCCCCC(CC)N(Cn1nnc2ccccc21)C(CC)CCCCC. The topological polar surface area (TPSA) is 34.0 Å². The number of hydrogen-bond donors (Lipinski definition) is 0. The van der Waals surface area contributed by atoms with Gasteiger partial charge in [-0.25, -0.2) is 4.68 Å². The van der Waals surface area contributed by atoms with Crippen LogP contribution in [0.1, 0.15) is 91.9 Å². The lowest BCUT2D eigenvalue weighted by Crippen LogP contribution is -2.44. The largest absolute Gasteiger partial charge is 0.278 e. The Morgan fingerprint density at radius 3 is 2.00 bits per heavy atom. The van der Waals surface area contributed by atoms with Crippen LogP contribution in [0.5, 0.6) is 0 Å². The second-order valence-corrected chi connectivity index (χ2v) is 7.85. The van der Waals surface area contributed by atoms with Crippen molar-refractivity contribution in [2.24, 2.45) is 0 Å². The summed E-state index contributed by atoms with van der Waals surface area (Å²) in [5.41, 5.74) is 2.14. The molecule has 1 aromatic carbocycles. The molecule has 0 spiro atoms. The van der Waals surface area contributed by atoms with E-state index in [2.05, 4.69) is 65.8 Å². The summed E-state index contributed by atoms with van der Waals surface area (Å²) in [5, 5.41) is 8.87. The van der Waals surface area contributed by atoms with Gasteiger partial charge in [0.2, 0.25) is 0 Å². The average molecular weight is 373 g/mol. The number of nitrogens with zero attached hydrogens (tertiary/aromatic N) is 4. The van der Waals surface area contributed by atoms with Gasteiger partial charge in [-0.15, -0.1) is 5.10 Å². The molecule has 2 unspecified atom stereocenters. The van der Waals surface area contributed by atoms with Crippen molar-refractivity contribution in [3.63, 3.8) is 0 Å². The molecule has 0 aliphatic heterocycles. The summed E-state index contributed by atoms with van der Waals surface area (Å²) in [5.74, 6) is 0. The first-order chi connectivity index (χ1) is 13.2. The lowest BCUT2D eigenvalue weighted by atomic mass is 9.98. The lowest BCUT2D eigenvalue weighted by Gasteiger charge is -2.37. The quantitative estimate of drug-likeness (QED) is 0.359. The third-order valence-corrected chi connectivity index (χ3v) is 5.88. The van der Waals surface area contributed by atoms with Crippen molar-refractivity contribution in [1.29, 1.82) is 0 Å². The fraction of sp³-hybridized carbons (Fsp3) is 0.739. The molecule has 27 heavy (non-hydrogen) atoms. The molecule has 0 N–H and O–H groups in total. The van der Waals surface area contributed by atoms with E-state index in [4.69, 9.17) is 0 Å². The zero-order chi connectivity index (χ0) is 19.5. The molecule has 2 atom stereocenters. The summed E-state index contributed by atoms with van der Waals surface area (Å²) < 4.78 is 2.11. The molecule has 2 rings (SSSR count). The van der Waals surface area contributed by atoms with Gasteiger partial charge < -0.3 is 0 Å². The molecule has 0 bridgehead atoms. The fourth-order valence-corrected chi connectivity index (χ4v) is 4.17. The molecule has 0 amide bonds. The van der Waals surface area contributed by atoms with Gasteiger partial charge in [-0.3, -0.25) is 4.90 Å². The third kappa shape index (κ3) is 6.31. The Morgan fingerprint density at radius 2 is 1.44 bits per heavy atom. The average Bonchev–Trinajstić information content (AvgIpc) is 3.11. The van der Waals surface area contributed by atoms with Gasteiger partial charge in [0, 0.05) is 12.1 Å². The highest BCUT2D eigenvalue weighted by Gasteiger charge is 2.25. The molecule has 152 valence electrons. The van der Waals surface area contributed by atoms with Crippen LogP contribution >= 0.6 is 0 Å². The summed E-state index contributed by atoms with van der Waals surface area (Å²) in [7, 11) is 0. The molecule has 0 saturated carbocycles. The second-order valence-electron chi connectivity index (χ2n) is 7.85. The summed E-state index contributed by atoms with van der Waals surface area (Å²) >= 11 is 0. The smallest absolute Gasteiger partial charge is 0.113 e. The van der Waals surface area contributed by atoms with E-state index >= 15 is 0 Å². The summed E-state index contributed by atoms with van der Waals surface area (Å²) in [6.07, 6.45) is 12.9. The Labute approximate surface area is 166 Å². The van der Waals surface area contributed by atoms with Crippen LogP contribution in [0.15, 0.2) is 24.3 Å². The van der Waals surface area contributed by atoms with Gasteiger partial charge in [-0.2, -0.15) is 0 Å². The number of rotatable bonds is 14. The van der Waals surface area contributed by atoms with Crippen LogP contribution in [0, 0.1) is 0 Å². The van der Waals surface area contributed by atoms with E-state index in [0.29, 0.717) is 12.1 Å². The molecule has 1 heterocycles.